The number of nitrogens with one attached hydrogen (secondary N) is 1. The highest BCUT2D eigenvalue weighted by molar-refractivity contribution is 5.89. The van der Waals surface area contributed by atoms with Crippen LogP contribution in [-0.2, 0) is 15.7 Å². The van der Waals surface area contributed by atoms with Gasteiger partial charge in [0.2, 0.25) is 5.91 Å². The largest absolute Gasteiger partial charge is 0.419 e. The summed E-state index contributed by atoms with van der Waals surface area (Å²) in [6.45, 7) is 2.80. The van der Waals surface area contributed by atoms with E-state index in [2.05, 4.69) is 5.32 Å². The molecular formula is C18H21F4N3O3. The van der Waals surface area contributed by atoms with E-state index in [9.17, 15) is 27.2 Å². The highest BCUT2D eigenvalue weighted by Crippen LogP contribution is 2.33. The Morgan fingerprint density at radius 3 is 2.29 bits per heavy atom. The smallest absolute Gasteiger partial charge is 0.378 e. The van der Waals surface area contributed by atoms with Gasteiger partial charge in [-0.25, -0.2) is 9.18 Å². The second-order valence-electron chi connectivity index (χ2n) is 6.82. The first-order valence-corrected chi connectivity index (χ1v) is 9.05. The Morgan fingerprint density at radius 2 is 1.68 bits per heavy atom. The maximum atomic E-state index is 13.3. The summed E-state index contributed by atoms with van der Waals surface area (Å²) in [5.41, 5.74) is -1.56. The van der Waals surface area contributed by atoms with Crippen LogP contribution in [0.15, 0.2) is 18.2 Å². The molecule has 1 aromatic rings. The van der Waals surface area contributed by atoms with Crippen molar-refractivity contribution in [1.29, 1.82) is 0 Å². The molecule has 0 spiro atoms. The van der Waals surface area contributed by atoms with E-state index in [0.29, 0.717) is 64.4 Å². The van der Waals surface area contributed by atoms with E-state index in [4.69, 9.17) is 4.74 Å². The van der Waals surface area contributed by atoms with E-state index in [-0.39, 0.29) is 17.5 Å². The van der Waals surface area contributed by atoms with Crippen molar-refractivity contribution in [1.82, 2.24) is 9.80 Å². The molecule has 28 heavy (non-hydrogen) atoms. The third kappa shape index (κ3) is 4.73. The number of piperidine rings is 1. The summed E-state index contributed by atoms with van der Waals surface area (Å²) in [5.74, 6) is -1.52. The van der Waals surface area contributed by atoms with Gasteiger partial charge in [-0.1, -0.05) is 0 Å². The van der Waals surface area contributed by atoms with Gasteiger partial charge in [0.1, 0.15) is 5.82 Å². The Labute approximate surface area is 159 Å². The topological polar surface area (TPSA) is 61.9 Å². The Morgan fingerprint density at radius 1 is 1.04 bits per heavy atom. The number of rotatable bonds is 2. The minimum atomic E-state index is -4.84. The lowest BCUT2D eigenvalue weighted by Gasteiger charge is -2.35. The summed E-state index contributed by atoms with van der Waals surface area (Å²) in [7, 11) is 0. The quantitative estimate of drug-likeness (QED) is 0.773. The molecule has 2 saturated heterocycles. The molecule has 0 unspecified atom stereocenters. The molecule has 1 N–H and O–H groups in total. The number of amides is 3. The molecule has 10 heteroatoms. The van der Waals surface area contributed by atoms with Crippen molar-refractivity contribution in [2.45, 2.75) is 19.0 Å². The molecule has 3 amide bonds. The van der Waals surface area contributed by atoms with Gasteiger partial charge in [0.25, 0.3) is 0 Å². The normalized spacial score (nSPS) is 18.9. The number of benzene rings is 1. The third-order valence-corrected chi connectivity index (χ3v) is 4.98. The van der Waals surface area contributed by atoms with Crippen molar-refractivity contribution in [3.8, 4) is 0 Å². The van der Waals surface area contributed by atoms with Crippen molar-refractivity contribution in [3.63, 3.8) is 0 Å². The van der Waals surface area contributed by atoms with Crippen molar-refractivity contribution in [3.05, 3.63) is 29.6 Å². The number of anilines is 1. The first-order chi connectivity index (χ1) is 13.3. The fourth-order valence-electron chi connectivity index (χ4n) is 3.39. The van der Waals surface area contributed by atoms with Gasteiger partial charge in [-0.3, -0.25) is 4.79 Å². The van der Waals surface area contributed by atoms with Crippen LogP contribution in [-0.4, -0.2) is 61.1 Å². The maximum absolute atomic E-state index is 13.3. The van der Waals surface area contributed by atoms with Crippen LogP contribution in [0.25, 0.3) is 0 Å². The molecule has 0 bridgehead atoms. The summed E-state index contributed by atoms with van der Waals surface area (Å²) in [6, 6.07) is 1.75. The van der Waals surface area contributed by atoms with Gasteiger partial charge in [-0.15, -0.1) is 0 Å². The number of nitrogens with zero attached hydrogens (tertiary/aromatic N) is 2. The highest BCUT2D eigenvalue weighted by Gasteiger charge is 2.35. The lowest BCUT2D eigenvalue weighted by molar-refractivity contribution is -0.141. The molecule has 0 saturated carbocycles. The zero-order chi connectivity index (χ0) is 20.3. The van der Waals surface area contributed by atoms with Crippen molar-refractivity contribution >= 4 is 17.6 Å². The van der Waals surface area contributed by atoms with E-state index >= 15 is 0 Å². The number of halogens is 4. The van der Waals surface area contributed by atoms with E-state index in [1.165, 1.54) is 4.90 Å². The lowest BCUT2D eigenvalue weighted by atomic mass is 9.95. The van der Waals surface area contributed by atoms with Gasteiger partial charge in [0, 0.05) is 37.8 Å². The van der Waals surface area contributed by atoms with Gasteiger partial charge in [-0.2, -0.15) is 13.2 Å². The third-order valence-electron chi connectivity index (χ3n) is 4.98. The minimum Gasteiger partial charge on any atom is -0.378 e. The summed E-state index contributed by atoms with van der Waals surface area (Å²) in [4.78, 5) is 28.0. The second-order valence-corrected chi connectivity index (χ2v) is 6.82. The van der Waals surface area contributed by atoms with E-state index in [1.54, 1.807) is 4.90 Å². The first-order valence-electron chi connectivity index (χ1n) is 9.05. The Kier molecular flexibility index (Phi) is 6.07. The number of alkyl halides is 3. The van der Waals surface area contributed by atoms with Gasteiger partial charge in [0.15, 0.2) is 0 Å². The number of carbonyl (C=O) groups is 2. The first kappa shape index (κ1) is 20.4. The molecule has 2 aliphatic heterocycles. The van der Waals surface area contributed by atoms with Gasteiger partial charge < -0.3 is 19.9 Å². The van der Waals surface area contributed by atoms with E-state index in [1.807, 2.05) is 0 Å². The number of urea groups is 1. The van der Waals surface area contributed by atoms with Crippen molar-refractivity contribution in [2.24, 2.45) is 5.92 Å². The second kappa shape index (κ2) is 8.34. The number of morpholine rings is 1. The van der Waals surface area contributed by atoms with Gasteiger partial charge in [0.05, 0.1) is 18.8 Å². The summed E-state index contributed by atoms with van der Waals surface area (Å²) >= 11 is 0. The van der Waals surface area contributed by atoms with Crippen LogP contribution < -0.4 is 5.32 Å². The Balaban J connectivity index is 1.55. The fourth-order valence-corrected chi connectivity index (χ4v) is 3.39. The zero-order valence-corrected chi connectivity index (χ0v) is 15.1. The predicted molar refractivity (Wildman–Crippen MR) is 92.1 cm³/mol. The number of likely N-dealkylation sites (tertiary alicyclic amines) is 1. The molecule has 1 aromatic carbocycles. The SMILES string of the molecule is O=C(Nc1ccc(F)c(C(F)(F)F)c1)N1CCC(C(=O)N2CCOCC2)CC1. The number of carbonyl (C=O) groups excluding carboxylic acids is 2. The summed E-state index contributed by atoms with van der Waals surface area (Å²) in [6.07, 6.45) is -3.87. The maximum Gasteiger partial charge on any atom is 0.419 e. The van der Waals surface area contributed by atoms with Gasteiger partial charge >= 0.3 is 12.2 Å². The molecule has 2 fully saturated rings. The van der Waals surface area contributed by atoms with Crippen LogP contribution >= 0.6 is 0 Å². The van der Waals surface area contributed by atoms with Crippen LogP contribution in [0.1, 0.15) is 18.4 Å². The van der Waals surface area contributed by atoms with Crippen molar-refractivity contribution < 1.29 is 31.9 Å². The standard InChI is InChI=1S/C18H21F4N3O3/c19-15-2-1-13(11-14(15)18(20,21)22)23-17(27)25-5-3-12(4-6-25)16(26)24-7-9-28-10-8-24/h1-2,11-12H,3-10H2,(H,23,27). The predicted octanol–water partition coefficient (Wildman–Crippen LogP) is 2.95. The zero-order valence-electron chi connectivity index (χ0n) is 15.1. The molecule has 6 nitrogen and oxygen atoms in total. The fraction of sp³-hybridized carbons (Fsp3) is 0.556. The van der Waals surface area contributed by atoms with Crippen LogP contribution in [0.3, 0.4) is 0 Å². The number of hydrogen-bond donors (Lipinski definition) is 1. The van der Waals surface area contributed by atoms with Crippen LogP contribution in [0.2, 0.25) is 0 Å². The van der Waals surface area contributed by atoms with Crippen LogP contribution in [0.5, 0.6) is 0 Å². The average Bonchev–Trinajstić information content (AvgIpc) is 2.69. The highest BCUT2D eigenvalue weighted by atomic mass is 19.4. The Bertz CT molecular complexity index is 727. The van der Waals surface area contributed by atoms with Crippen molar-refractivity contribution in [2.75, 3.05) is 44.7 Å². The molecular weight excluding hydrogens is 382 g/mol. The number of ether oxygens (including phenoxy) is 1. The van der Waals surface area contributed by atoms with Crippen LogP contribution in [0.4, 0.5) is 28.0 Å². The molecule has 0 radical (unpaired) electrons. The average molecular weight is 403 g/mol. The molecule has 154 valence electrons. The molecule has 2 aliphatic rings. The number of hydrogen-bond acceptors (Lipinski definition) is 3. The van der Waals surface area contributed by atoms with E-state index < -0.39 is 23.6 Å². The minimum absolute atomic E-state index is 0.0525. The molecule has 0 aliphatic carbocycles. The molecule has 2 heterocycles. The molecule has 0 atom stereocenters. The Hall–Kier alpha value is -2.36. The van der Waals surface area contributed by atoms with Gasteiger partial charge in [-0.05, 0) is 31.0 Å². The summed E-state index contributed by atoms with van der Waals surface area (Å²) < 4.78 is 56.9. The monoisotopic (exact) mass is 403 g/mol. The lowest BCUT2D eigenvalue weighted by Crippen LogP contribution is -2.48. The molecule has 3 rings (SSSR count). The van der Waals surface area contributed by atoms with Crippen LogP contribution in [0, 0.1) is 11.7 Å². The summed E-state index contributed by atoms with van der Waals surface area (Å²) in [5, 5.41) is 2.37. The van der Waals surface area contributed by atoms with E-state index in [0.717, 1.165) is 6.07 Å². The molecule has 0 aromatic heterocycles.